The Morgan fingerprint density at radius 2 is 2.00 bits per heavy atom. The molecule has 1 atom stereocenters. The molecule has 1 aromatic heterocycles. The summed E-state index contributed by atoms with van der Waals surface area (Å²) in [5.41, 5.74) is 5.29. The Labute approximate surface area is 108 Å². The molecule has 0 aliphatic heterocycles. The fourth-order valence-corrected chi connectivity index (χ4v) is 3.27. The number of aryl methyl sites for hydroxylation is 1. The highest BCUT2D eigenvalue weighted by Crippen LogP contribution is 2.33. The minimum Gasteiger partial charge on any atom is -0.271 e. The highest BCUT2D eigenvalue weighted by Gasteiger charge is 2.15. The maximum atomic E-state index is 5.64. The number of hydrogen-bond donors (Lipinski definition) is 2. The highest BCUT2D eigenvalue weighted by atomic mass is 79.9. The molecule has 0 fully saturated rings. The molecule has 2 aromatic rings. The zero-order valence-corrected chi connectivity index (χ0v) is 11.3. The zero-order valence-electron chi connectivity index (χ0n) is 8.91. The molecular weight excluding hydrogens is 284 g/mol. The van der Waals surface area contributed by atoms with E-state index >= 15 is 0 Å². The highest BCUT2D eigenvalue weighted by molar-refractivity contribution is 9.11. The average molecular weight is 297 g/mol. The molecule has 2 rings (SSSR count). The Hall–Kier alpha value is -0.680. The smallest absolute Gasteiger partial charge is 0.0803 e. The fourth-order valence-electron chi connectivity index (χ4n) is 1.61. The second-order valence-electron chi connectivity index (χ2n) is 3.62. The summed E-state index contributed by atoms with van der Waals surface area (Å²) in [6.45, 7) is 2.09. The summed E-state index contributed by atoms with van der Waals surface area (Å²) in [5, 5.41) is 0. The Kier molecular flexibility index (Phi) is 3.76. The van der Waals surface area contributed by atoms with Crippen LogP contribution in [0.1, 0.15) is 22.0 Å². The van der Waals surface area contributed by atoms with Gasteiger partial charge >= 0.3 is 0 Å². The number of halogens is 1. The van der Waals surface area contributed by atoms with Gasteiger partial charge in [-0.25, -0.2) is 5.43 Å². The van der Waals surface area contributed by atoms with Gasteiger partial charge in [0.05, 0.1) is 9.83 Å². The van der Waals surface area contributed by atoms with E-state index in [0.29, 0.717) is 0 Å². The molecule has 0 saturated carbocycles. The topological polar surface area (TPSA) is 38.0 Å². The van der Waals surface area contributed by atoms with E-state index in [4.69, 9.17) is 5.84 Å². The van der Waals surface area contributed by atoms with Crippen LogP contribution in [0.15, 0.2) is 40.2 Å². The summed E-state index contributed by atoms with van der Waals surface area (Å²) in [5.74, 6) is 5.64. The number of nitrogens with one attached hydrogen (secondary N) is 1. The van der Waals surface area contributed by atoms with Crippen LogP contribution in [-0.4, -0.2) is 0 Å². The molecule has 0 saturated heterocycles. The van der Waals surface area contributed by atoms with Crippen LogP contribution in [0, 0.1) is 6.92 Å². The van der Waals surface area contributed by atoms with Gasteiger partial charge in [-0.05, 0) is 40.0 Å². The van der Waals surface area contributed by atoms with E-state index in [-0.39, 0.29) is 6.04 Å². The summed E-state index contributed by atoms with van der Waals surface area (Å²) in [7, 11) is 0. The van der Waals surface area contributed by atoms with Gasteiger partial charge in [0.25, 0.3) is 0 Å². The fraction of sp³-hybridized carbons (Fsp3) is 0.167. The summed E-state index contributed by atoms with van der Waals surface area (Å²) in [6.07, 6.45) is 0. The first-order chi connectivity index (χ1) is 7.72. The third-order valence-corrected chi connectivity index (χ3v) is 4.66. The molecule has 16 heavy (non-hydrogen) atoms. The predicted molar refractivity (Wildman–Crippen MR) is 72.4 cm³/mol. The largest absolute Gasteiger partial charge is 0.271 e. The van der Waals surface area contributed by atoms with Crippen molar-refractivity contribution >= 4 is 27.3 Å². The molecule has 0 bridgehead atoms. The lowest BCUT2D eigenvalue weighted by Crippen LogP contribution is -2.28. The van der Waals surface area contributed by atoms with Crippen molar-refractivity contribution in [3.63, 3.8) is 0 Å². The standard InChI is InChI=1S/C12H13BrN2S/c1-8-7-10(16-12(8)13)11(15-14)9-5-3-2-4-6-9/h2-7,11,15H,14H2,1H3. The van der Waals surface area contributed by atoms with Crippen LogP contribution in [0.3, 0.4) is 0 Å². The van der Waals surface area contributed by atoms with Crippen LogP contribution in [0.2, 0.25) is 0 Å². The third-order valence-electron chi connectivity index (χ3n) is 2.46. The first-order valence-corrected chi connectivity index (χ1v) is 6.60. The number of nitrogens with two attached hydrogens (primary N) is 1. The number of hydrogen-bond acceptors (Lipinski definition) is 3. The maximum Gasteiger partial charge on any atom is 0.0803 e. The molecular formula is C12H13BrN2S. The van der Waals surface area contributed by atoms with Gasteiger partial charge in [-0.15, -0.1) is 11.3 Å². The van der Waals surface area contributed by atoms with E-state index in [1.165, 1.54) is 19.8 Å². The van der Waals surface area contributed by atoms with Crippen LogP contribution >= 0.6 is 27.3 Å². The summed E-state index contributed by atoms with van der Waals surface area (Å²) in [4.78, 5) is 1.22. The first kappa shape index (κ1) is 11.8. The number of thiophene rings is 1. The molecule has 0 spiro atoms. The van der Waals surface area contributed by atoms with Crippen LogP contribution in [0.25, 0.3) is 0 Å². The molecule has 0 aliphatic carbocycles. The van der Waals surface area contributed by atoms with Gasteiger partial charge < -0.3 is 0 Å². The second kappa shape index (κ2) is 5.10. The molecule has 84 valence electrons. The number of hydrazine groups is 1. The first-order valence-electron chi connectivity index (χ1n) is 4.99. The van der Waals surface area contributed by atoms with Crippen molar-refractivity contribution in [3.8, 4) is 0 Å². The minimum atomic E-state index is 0.0659. The Balaban J connectivity index is 2.37. The SMILES string of the molecule is Cc1cc(C(NN)c2ccccc2)sc1Br. The van der Waals surface area contributed by atoms with Crippen molar-refractivity contribution in [2.45, 2.75) is 13.0 Å². The molecule has 3 N–H and O–H groups in total. The van der Waals surface area contributed by atoms with E-state index in [2.05, 4.69) is 46.5 Å². The normalized spacial score (nSPS) is 12.7. The Morgan fingerprint density at radius 3 is 2.50 bits per heavy atom. The molecule has 0 radical (unpaired) electrons. The van der Waals surface area contributed by atoms with Gasteiger partial charge in [-0.2, -0.15) is 0 Å². The van der Waals surface area contributed by atoms with E-state index < -0.39 is 0 Å². The lowest BCUT2D eigenvalue weighted by molar-refractivity contribution is 0.646. The van der Waals surface area contributed by atoms with Crippen molar-refractivity contribution in [1.29, 1.82) is 0 Å². The summed E-state index contributed by atoms with van der Waals surface area (Å²) >= 11 is 5.25. The molecule has 1 aromatic carbocycles. The number of benzene rings is 1. The average Bonchev–Trinajstić information content (AvgIpc) is 2.61. The van der Waals surface area contributed by atoms with Gasteiger partial charge in [0.15, 0.2) is 0 Å². The van der Waals surface area contributed by atoms with Crippen molar-refractivity contribution in [1.82, 2.24) is 5.43 Å². The van der Waals surface area contributed by atoms with E-state index in [1.54, 1.807) is 11.3 Å². The quantitative estimate of drug-likeness (QED) is 0.673. The van der Waals surface area contributed by atoms with Gasteiger partial charge in [0, 0.05) is 4.88 Å². The molecule has 2 nitrogen and oxygen atoms in total. The second-order valence-corrected chi connectivity index (χ2v) is 6.02. The van der Waals surface area contributed by atoms with Crippen molar-refractivity contribution in [3.05, 3.63) is 56.2 Å². The third kappa shape index (κ3) is 2.35. The minimum absolute atomic E-state index is 0.0659. The van der Waals surface area contributed by atoms with Crippen molar-refractivity contribution in [2.75, 3.05) is 0 Å². The van der Waals surface area contributed by atoms with Gasteiger partial charge in [-0.3, -0.25) is 5.84 Å². The van der Waals surface area contributed by atoms with Gasteiger partial charge in [0.1, 0.15) is 0 Å². The lowest BCUT2D eigenvalue weighted by atomic mass is 10.1. The molecule has 0 aliphatic rings. The van der Waals surface area contributed by atoms with Crippen LogP contribution in [0.4, 0.5) is 0 Å². The van der Waals surface area contributed by atoms with E-state index in [1.807, 2.05) is 18.2 Å². The summed E-state index contributed by atoms with van der Waals surface area (Å²) < 4.78 is 1.17. The van der Waals surface area contributed by atoms with Crippen LogP contribution in [0.5, 0.6) is 0 Å². The van der Waals surface area contributed by atoms with E-state index in [0.717, 1.165) is 0 Å². The molecule has 1 heterocycles. The Bertz CT molecular complexity index is 448. The Morgan fingerprint density at radius 1 is 1.31 bits per heavy atom. The van der Waals surface area contributed by atoms with Crippen LogP contribution < -0.4 is 11.3 Å². The molecule has 4 heteroatoms. The maximum absolute atomic E-state index is 5.64. The predicted octanol–water partition coefficient (Wildman–Crippen LogP) is 3.37. The van der Waals surface area contributed by atoms with E-state index in [9.17, 15) is 0 Å². The van der Waals surface area contributed by atoms with Crippen molar-refractivity contribution < 1.29 is 0 Å². The number of rotatable bonds is 3. The van der Waals surface area contributed by atoms with Gasteiger partial charge in [0.2, 0.25) is 0 Å². The monoisotopic (exact) mass is 296 g/mol. The molecule has 1 unspecified atom stereocenters. The molecule has 0 amide bonds. The van der Waals surface area contributed by atoms with Crippen LogP contribution in [-0.2, 0) is 0 Å². The zero-order chi connectivity index (χ0) is 11.5. The van der Waals surface area contributed by atoms with Crippen molar-refractivity contribution in [2.24, 2.45) is 5.84 Å². The lowest BCUT2D eigenvalue weighted by Gasteiger charge is -2.14. The van der Waals surface area contributed by atoms with Gasteiger partial charge in [-0.1, -0.05) is 30.3 Å². The summed E-state index contributed by atoms with van der Waals surface area (Å²) in [6, 6.07) is 12.4.